The van der Waals surface area contributed by atoms with E-state index in [4.69, 9.17) is 4.74 Å². The maximum atomic E-state index is 11.9. The number of ether oxygens (including phenoxy) is 1. The Labute approximate surface area is 125 Å². The first-order valence-corrected chi connectivity index (χ1v) is 9.06. The smallest absolute Gasteiger partial charge is 0.320 e. The van der Waals surface area contributed by atoms with Gasteiger partial charge in [0.15, 0.2) is 9.84 Å². The van der Waals surface area contributed by atoms with E-state index in [2.05, 4.69) is 5.32 Å². The molecule has 1 aliphatic rings. The van der Waals surface area contributed by atoms with Crippen molar-refractivity contribution in [2.24, 2.45) is 0 Å². The van der Waals surface area contributed by atoms with Gasteiger partial charge in [0.25, 0.3) is 0 Å². The lowest BCUT2D eigenvalue weighted by molar-refractivity contribution is -0.144. The Bertz CT molecular complexity index is 463. The molecule has 0 spiro atoms. The van der Waals surface area contributed by atoms with E-state index >= 15 is 0 Å². The van der Waals surface area contributed by atoms with Crippen LogP contribution >= 0.6 is 0 Å². The summed E-state index contributed by atoms with van der Waals surface area (Å²) < 4.78 is 27.6. The molecule has 1 N–H and O–H groups in total. The van der Waals surface area contributed by atoms with Crippen LogP contribution < -0.4 is 5.32 Å². The molecule has 1 atom stereocenters. The van der Waals surface area contributed by atoms with Crippen LogP contribution in [0.4, 0.5) is 0 Å². The van der Waals surface area contributed by atoms with Gasteiger partial charge in [-0.3, -0.25) is 14.5 Å². The number of nitrogens with one attached hydrogen (secondary N) is 1. The van der Waals surface area contributed by atoms with Crippen molar-refractivity contribution in [2.45, 2.75) is 32.7 Å². The highest BCUT2D eigenvalue weighted by Gasteiger charge is 2.29. The average Bonchev–Trinajstić information content (AvgIpc) is 2.68. The molecule has 0 aromatic carbocycles. The molecule has 0 aromatic rings. The monoisotopic (exact) mass is 320 g/mol. The first kappa shape index (κ1) is 17.9. The molecule has 122 valence electrons. The summed E-state index contributed by atoms with van der Waals surface area (Å²) in [4.78, 5) is 25.1. The molecule has 0 bridgehead atoms. The molecule has 0 saturated carbocycles. The van der Waals surface area contributed by atoms with Gasteiger partial charge in [-0.25, -0.2) is 8.42 Å². The van der Waals surface area contributed by atoms with Gasteiger partial charge in [0.05, 0.1) is 31.2 Å². The number of hydrogen-bond acceptors (Lipinski definition) is 6. The molecule has 1 heterocycles. The Balaban J connectivity index is 2.43. The maximum Gasteiger partial charge on any atom is 0.320 e. The van der Waals surface area contributed by atoms with Crippen molar-refractivity contribution in [1.82, 2.24) is 10.2 Å². The summed E-state index contributed by atoms with van der Waals surface area (Å²) in [7, 11) is -3.01. The van der Waals surface area contributed by atoms with Crippen LogP contribution in [0.15, 0.2) is 0 Å². The molecule has 8 heteroatoms. The molecule has 1 saturated heterocycles. The second kappa shape index (κ2) is 8.33. The van der Waals surface area contributed by atoms with Crippen LogP contribution in [-0.2, 0) is 24.2 Å². The maximum absolute atomic E-state index is 11.9. The van der Waals surface area contributed by atoms with Crippen molar-refractivity contribution in [3.63, 3.8) is 0 Å². The molecule has 0 radical (unpaired) electrons. The molecular weight excluding hydrogens is 296 g/mol. The van der Waals surface area contributed by atoms with Crippen LogP contribution in [0.3, 0.4) is 0 Å². The van der Waals surface area contributed by atoms with E-state index in [1.807, 2.05) is 6.92 Å². The second-order valence-corrected chi connectivity index (χ2v) is 7.41. The van der Waals surface area contributed by atoms with Crippen LogP contribution in [-0.4, -0.2) is 69.0 Å². The highest BCUT2D eigenvalue weighted by molar-refractivity contribution is 7.91. The molecule has 1 unspecified atom stereocenters. The quantitative estimate of drug-likeness (QED) is 0.610. The lowest BCUT2D eigenvalue weighted by Crippen LogP contribution is -2.44. The van der Waals surface area contributed by atoms with Gasteiger partial charge in [0, 0.05) is 6.04 Å². The Morgan fingerprint density at radius 1 is 1.29 bits per heavy atom. The number of nitrogens with zero attached hydrogens (tertiary/aromatic N) is 1. The lowest BCUT2D eigenvalue weighted by atomic mass is 10.2. The minimum atomic E-state index is -3.01. The van der Waals surface area contributed by atoms with E-state index in [0.717, 1.165) is 6.42 Å². The van der Waals surface area contributed by atoms with Crippen molar-refractivity contribution in [3.8, 4) is 0 Å². The highest BCUT2D eigenvalue weighted by atomic mass is 32.2. The molecule has 7 nitrogen and oxygen atoms in total. The molecule has 1 fully saturated rings. The SMILES string of the molecule is CCCN(CC(=O)NC1CCS(=O)(=O)C1)CC(=O)OCC. The summed E-state index contributed by atoms with van der Waals surface area (Å²) in [6.07, 6.45) is 1.27. The van der Waals surface area contributed by atoms with Crippen molar-refractivity contribution in [1.29, 1.82) is 0 Å². The summed E-state index contributed by atoms with van der Waals surface area (Å²) in [5.41, 5.74) is 0. The molecule has 1 amide bonds. The third kappa shape index (κ3) is 6.90. The summed E-state index contributed by atoms with van der Waals surface area (Å²) >= 11 is 0. The fourth-order valence-electron chi connectivity index (χ4n) is 2.30. The summed E-state index contributed by atoms with van der Waals surface area (Å²) in [5, 5.41) is 2.72. The van der Waals surface area contributed by atoms with Crippen LogP contribution in [0.2, 0.25) is 0 Å². The van der Waals surface area contributed by atoms with Crippen molar-refractivity contribution in [3.05, 3.63) is 0 Å². The summed E-state index contributed by atoms with van der Waals surface area (Å²) in [6, 6.07) is -0.312. The molecule has 1 rings (SSSR count). The van der Waals surface area contributed by atoms with Gasteiger partial charge in [-0.1, -0.05) is 6.92 Å². The number of amides is 1. The van der Waals surface area contributed by atoms with Gasteiger partial charge in [-0.15, -0.1) is 0 Å². The topological polar surface area (TPSA) is 92.8 Å². The molecule has 1 aliphatic heterocycles. The number of hydrogen-bond donors (Lipinski definition) is 1. The van der Waals surface area contributed by atoms with Gasteiger partial charge < -0.3 is 10.1 Å². The van der Waals surface area contributed by atoms with E-state index in [0.29, 0.717) is 19.6 Å². The predicted molar refractivity (Wildman–Crippen MR) is 78.6 cm³/mol. The zero-order valence-corrected chi connectivity index (χ0v) is 13.4. The second-order valence-electron chi connectivity index (χ2n) is 5.18. The van der Waals surface area contributed by atoms with Crippen LogP contribution in [0.5, 0.6) is 0 Å². The number of esters is 1. The number of sulfone groups is 1. The fraction of sp³-hybridized carbons (Fsp3) is 0.846. The molecule has 0 aliphatic carbocycles. The first-order valence-electron chi connectivity index (χ1n) is 7.24. The number of carbonyl (C=O) groups is 2. The minimum absolute atomic E-state index is 0.00436. The normalized spacial score (nSPS) is 20.4. The van der Waals surface area contributed by atoms with Gasteiger partial charge >= 0.3 is 5.97 Å². The van der Waals surface area contributed by atoms with Crippen LogP contribution in [0, 0.1) is 0 Å². The third-order valence-electron chi connectivity index (χ3n) is 3.16. The van der Waals surface area contributed by atoms with E-state index in [9.17, 15) is 18.0 Å². The van der Waals surface area contributed by atoms with Crippen molar-refractivity contribution in [2.75, 3.05) is 37.7 Å². The fourth-order valence-corrected chi connectivity index (χ4v) is 3.98. The number of rotatable bonds is 8. The Kier molecular flexibility index (Phi) is 7.10. The Morgan fingerprint density at radius 3 is 2.52 bits per heavy atom. The van der Waals surface area contributed by atoms with E-state index in [1.165, 1.54) is 0 Å². The van der Waals surface area contributed by atoms with Gasteiger partial charge in [-0.2, -0.15) is 0 Å². The van der Waals surface area contributed by atoms with Gasteiger partial charge in [0.1, 0.15) is 0 Å². The largest absolute Gasteiger partial charge is 0.465 e. The van der Waals surface area contributed by atoms with Gasteiger partial charge in [0.2, 0.25) is 5.91 Å². The lowest BCUT2D eigenvalue weighted by Gasteiger charge is -2.21. The molecule has 21 heavy (non-hydrogen) atoms. The Hall–Kier alpha value is -1.15. The Morgan fingerprint density at radius 2 is 2.00 bits per heavy atom. The standard InChI is InChI=1S/C13H24N2O5S/c1-3-6-15(9-13(17)20-4-2)8-12(16)14-11-5-7-21(18,19)10-11/h11H,3-10H2,1-2H3,(H,14,16). The van der Waals surface area contributed by atoms with Gasteiger partial charge in [-0.05, 0) is 26.3 Å². The number of carbonyl (C=O) groups excluding carboxylic acids is 2. The van der Waals surface area contributed by atoms with E-state index in [1.54, 1.807) is 11.8 Å². The van der Waals surface area contributed by atoms with E-state index in [-0.39, 0.29) is 42.5 Å². The van der Waals surface area contributed by atoms with Crippen LogP contribution in [0.1, 0.15) is 26.7 Å². The zero-order chi connectivity index (χ0) is 15.9. The van der Waals surface area contributed by atoms with Crippen LogP contribution in [0.25, 0.3) is 0 Å². The van der Waals surface area contributed by atoms with Crippen molar-refractivity contribution >= 4 is 21.7 Å². The molecule has 0 aromatic heterocycles. The zero-order valence-electron chi connectivity index (χ0n) is 12.6. The summed E-state index contributed by atoms with van der Waals surface area (Å²) in [6.45, 7) is 4.75. The summed E-state index contributed by atoms with van der Waals surface area (Å²) in [5.74, 6) is -0.485. The third-order valence-corrected chi connectivity index (χ3v) is 4.93. The van der Waals surface area contributed by atoms with E-state index < -0.39 is 9.84 Å². The average molecular weight is 320 g/mol. The van der Waals surface area contributed by atoms with Crippen molar-refractivity contribution < 1.29 is 22.7 Å². The highest BCUT2D eigenvalue weighted by Crippen LogP contribution is 2.11. The predicted octanol–water partition coefficient (Wildman–Crippen LogP) is -0.435. The minimum Gasteiger partial charge on any atom is -0.465 e. The first-order chi connectivity index (χ1) is 9.86. The molecular formula is C13H24N2O5S.